The molecule has 3 aliphatic heterocycles. The Labute approximate surface area is 99.5 Å². The lowest BCUT2D eigenvalue weighted by atomic mass is 10.1. The molecule has 3 rings (SSSR count). The normalized spacial score (nSPS) is 47.8. The van der Waals surface area contributed by atoms with E-state index < -0.39 is 24.3 Å². The topological polar surface area (TPSA) is 69.5 Å². The van der Waals surface area contributed by atoms with E-state index in [0.29, 0.717) is 12.5 Å². The number of aliphatic hydroxyl groups is 1. The molecule has 2 saturated heterocycles. The Morgan fingerprint density at radius 2 is 2.18 bits per heavy atom. The zero-order valence-electron chi connectivity index (χ0n) is 10.1. The van der Waals surface area contributed by atoms with E-state index in [-0.39, 0.29) is 12.1 Å². The maximum Gasteiger partial charge on any atom is 0.227 e. The lowest BCUT2D eigenvalue weighted by Gasteiger charge is -2.22. The third-order valence-electron chi connectivity index (χ3n) is 3.27. The van der Waals surface area contributed by atoms with Crippen LogP contribution in [-0.2, 0) is 18.9 Å². The Kier molecular flexibility index (Phi) is 2.45. The first kappa shape index (κ1) is 11.4. The van der Waals surface area contributed by atoms with Crippen molar-refractivity contribution in [2.75, 3.05) is 6.61 Å². The fourth-order valence-corrected chi connectivity index (χ4v) is 2.50. The van der Waals surface area contributed by atoms with Crippen LogP contribution in [0.5, 0.6) is 0 Å². The molecule has 0 aliphatic carbocycles. The van der Waals surface area contributed by atoms with Crippen molar-refractivity contribution in [1.29, 1.82) is 0 Å². The Morgan fingerprint density at radius 1 is 1.41 bits per heavy atom. The van der Waals surface area contributed by atoms with Crippen molar-refractivity contribution in [2.24, 2.45) is 4.99 Å². The number of ether oxygens (including phenoxy) is 4. The third-order valence-corrected chi connectivity index (χ3v) is 3.27. The first-order valence-electron chi connectivity index (χ1n) is 5.83. The fraction of sp³-hybridized carbons (Fsp3) is 0.909. The van der Waals surface area contributed by atoms with Crippen molar-refractivity contribution < 1.29 is 24.1 Å². The molecule has 0 aromatic carbocycles. The highest BCUT2D eigenvalue weighted by molar-refractivity contribution is 5.75. The fourth-order valence-electron chi connectivity index (χ4n) is 2.50. The second-order valence-corrected chi connectivity index (χ2v) is 5.08. The molecule has 0 radical (unpaired) electrons. The molecule has 17 heavy (non-hydrogen) atoms. The van der Waals surface area contributed by atoms with Crippen LogP contribution in [0, 0.1) is 0 Å². The van der Waals surface area contributed by atoms with Gasteiger partial charge in [-0.25, -0.2) is 4.99 Å². The molecule has 0 aromatic heterocycles. The second kappa shape index (κ2) is 3.65. The summed E-state index contributed by atoms with van der Waals surface area (Å²) < 4.78 is 22.2. The van der Waals surface area contributed by atoms with Gasteiger partial charge in [-0.1, -0.05) is 0 Å². The van der Waals surface area contributed by atoms with Gasteiger partial charge in [0.05, 0.1) is 6.61 Å². The van der Waals surface area contributed by atoms with Crippen LogP contribution in [0.25, 0.3) is 0 Å². The van der Waals surface area contributed by atoms with Gasteiger partial charge in [0.1, 0.15) is 24.4 Å². The molecule has 3 heterocycles. The summed E-state index contributed by atoms with van der Waals surface area (Å²) in [6.07, 6.45) is -1.91. The van der Waals surface area contributed by atoms with E-state index in [4.69, 9.17) is 18.9 Å². The predicted octanol–water partition coefficient (Wildman–Crippen LogP) is 0.0409. The molecule has 0 amide bonds. The van der Waals surface area contributed by atoms with Gasteiger partial charge in [0.25, 0.3) is 0 Å². The smallest absolute Gasteiger partial charge is 0.227 e. The maximum atomic E-state index is 10.2. The number of nitrogens with zero attached hydrogens (tertiary/aromatic N) is 1. The SMILES string of the molecule is CC1=N[C@H]2[C@@H](O1)O[C@H]([C@H]1COC(C)(C)O1)[C@@H]2O. The average molecular weight is 243 g/mol. The number of aliphatic hydroxyl groups excluding tert-OH is 1. The van der Waals surface area contributed by atoms with Crippen molar-refractivity contribution >= 4 is 5.90 Å². The van der Waals surface area contributed by atoms with Gasteiger partial charge in [-0.05, 0) is 13.8 Å². The van der Waals surface area contributed by atoms with E-state index in [2.05, 4.69) is 4.99 Å². The number of aliphatic imine (C=N–C) groups is 1. The molecule has 0 bridgehead atoms. The highest BCUT2D eigenvalue weighted by Gasteiger charge is 2.53. The molecule has 0 unspecified atom stereocenters. The van der Waals surface area contributed by atoms with Crippen molar-refractivity contribution in [2.45, 2.75) is 57.2 Å². The molecule has 0 aromatic rings. The van der Waals surface area contributed by atoms with Gasteiger partial charge in [-0.2, -0.15) is 0 Å². The molecule has 5 atom stereocenters. The summed E-state index contributed by atoms with van der Waals surface area (Å²) in [4.78, 5) is 4.21. The van der Waals surface area contributed by atoms with E-state index in [1.54, 1.807) is 6.92 Å². The number of rotatable bonds is 1. The summed E-state index contributed by atoms with van der Waals surface area (Å²) in [5, 5.41) is 10.2. The van der Waals surface area contributed by atoms with Crippen LogP contribution in [0.4, 0.5) is 0 Å². The van der Waals surface area contributed by atoms with E-state index in [1.165, 1.54) is 0 Å². The quantitative estimate of drug-likeness (QED) is 0.704. The molecule has 6 heteroatoms. The Hall–Kier alpha value is -0.690. The summed E-state index contributed by atoms with van der Waals surface area (Å²) in [6.45, 7) is 5.85. The molecule has 6 nitrogen and oxygen atoms in total. The lowest BCUT2D eigenvalue weighted by molar-refractivity contribution is -0.172. The highest BCUT2D eigenvalue weighted by atomic mass is 16.8. The average Bonchev–Trinajstić information content (AvgIpc) is 2.83. The summed E-state index contributed by atoms with van der Waals surface area (Å²) in [5.41, 5.74) is 0. The number of fused-ring (bicyclic) bond motifs is 1. The first-order valence-corrected chi connectivity index (χ1v) is 5.83. The summed E-state index contributed by atoms with van der Waals surface area (Å²) in [6, 6.07) is -0.340. The largest absolute Gasteiger partial charge is 0.450 e. The molecule has 2 fully saturated rings. The van der Waals surface area contributed by atoms with E-state index in [9.17, 15) is 5.11 Å². The van der Waals surface area contributed by atoms with Crippen molar-refractivity contribution in [3.63, 3.8) is 0 Å². The maximum absolute atomic E-state index is 10.2. The second-order valence-electron chi connectivity index (χ2n) is 5.08. The minimum Gasteiger partial charge on any atom is -0.450 e. The molecule has 0 spiro atoms. The third kappa shape index (κ3) is 1.85. The summed E-state index contributed by atoms with van der Waals surface area (Å²) in [7, 11) is 0. The van der Waals surface area contributed by atoms with Gasteiger partial charge < -0.3 is 24.1 Å². The van der Waals surface area contributed by atoms with Crippen LogP contribution >= 0.6 is 0 Å². The lowest BCUT2D eigenvalue weighted by Crippen LogP contribution is -2.40. The molecule has 3 aliphatic rings. The van der Waals surface area contributed by atoms with Crippen LogP contribution in [0.15, 0.2) is 4.99 Å². The highest BCUT2D eigenvalue weighted by Crippen LogP contribution is 2.35. The van der Waals surface area contributed by atoms with E-state index >= 15 is 0 Å². The molecule has 96 valence electrons. The van der Waals surface area contributed by atoms with Gasteiger partial charge in [-0.15, -0.1) is 0 Å². The van der Waals surface area contributed by atoms with E-state index in [1.807, 2.05) is 13.8 Å². The summed E-state index contributed by atoms with van der Waals surface area (Å²) >= 11 is 0. The van der Waals surface area contributed by atoms with Crippen LogP contribution in [0.2, 0.25) is 0 Å². The molecular formula is C11H17NO5. The Balaban J connectivity index is 1.71. The zero-order chi connectivity index (χ0) is 12.2. The van der Waals surface area contributed by atoms with Crippen LogP contribution in [0.1, 0.15) is 20.8 Å². The van der Waals surface area contributed by atoms with Crippen LogP contribution < -0.4 is 0 Å². The van der Waals surface area contributed by atoms with Crippen LogP contribution in [0.3, 0.4) is 0 Å². The zero-order valence-corrected chi connectivity index (χ0v) is 10.1. The monoisotopic (exact) mass is 243 g/mol. The number of hydrogen-bond donors (Lipinski definition) is 1. The van der Waals surface area contributed by atoms with E-state index in [0.717, 1.165) is 0 Å². The minimum atomic E-state index is -0.708. The van der Waals surface area contributed by atoms with Crippen molar-refractivity contribution in [1.82, 2.24) is 0 Å². The van der Waals surface area contributed by atoms with Gasteiger partial charge in [0, 0.05) is 6.92 Å². The molecule has 1 N–H and O–H groups in total. The van der Waals surface area contributed by atoms with Crippen molar-refractivity contribution in [3.05, 3.63) is 0 Å². The number of hydrogen-bond acceptors (Lipinski definition) is 6. The van der Waals surface area contributed by atoms with Gasteiger partial charge in [0.15, 0.2) is 11.7 Å². The predicted molar refractivity (Wildman–Crippen MR) is 57.6 cm³/mol. The van der Waals surface area contributed by atoms with Crippen LogP contribution in [-0.4, -0.2) is 54.0 Å². The van der Waals surface area contributed by atoms with Gasteiger partial charge in [-0.3, -0.25) is 0 Å². The Morgan fingerprint density at radius 3 is 2.76 bits per heavy atom. The van der Waals surface area contributed by atoms with Crippen molar-refractivity contribution in [3.8, 4) is 0 Å². The van der Waals surface area contributed by atoms with Gasteiger partial charge in [0.2, 0.25) is 6.29 Å². The molecular weight excluding hydrogens is 226 g/mol. The summed E-state index contributed by atoms with van der Waals surface area (Å²) in [5.74, 6) is -0.0627. The Bertz CT molecular complexity index is 356. The minimum absolute atomic E-state index is 0.273. The van der Waals surface area contributed by atoms with Gasteiger partial charge >= 0.3 is 0 Å². The molecule has 0 saturated carbocycles. The standard InChI is InChI=1S/C11H17NO5/c1-5-12-7-8(13)9(16-10(7)15-5)6-4-14-11(2,3)17-6/h6-10,13H,4H2,1-3H3/t6-,7-,8-,9-,10+/m1/s1. The first-order chi connectivity index (χ1) is 7.96.